The third-order valence-electron chi connectivity index (χ3n) is 1.54. The summed E-state index contributed by atoms with van der Waals surface area (Å²) < 4.78 is 5.12. The summed E-state index contributed by atoms with van der Waals surface area (Å²) in [5.74, 6) is -0.0412. The van der Waals surface area contributed by atoms with Crippen molar-refractivity contribution in [2.24, 2.45) is 0 Å². The molecule has 0 bridgehead atoms. The Kier molecular flexibility index (Phi) is 2.82. The second-order valence-electron chi connectivity index (χ2n) is 2.53. The first-order valence-electron chi connectivity index (χ1n) is 3.65. The van der Waals surface area contributed by atoms with Gasteiger partial charge in [-0.3, -0.25) is 4.79 Å². The normalized spacial score (nSPS) is 24.1. The fourth-order valence-corrected chi connectivity index (χ4v) is 1.17. The second kappa shape index (κ2) is 3.67. The summed E-state index contributed by atoms with van der Waals surface area (Å²) in [5, 5.41) is 3.15. The van der Waals surface area contributed by atoms with Crippen molar-refractivity contribution in [2.75, 3.05) is 6.54 Å². The summed E-state index contributed by atoms with van der Waals surface area (Å²) in [5.41, 5.74) is 0. The van der Waals surface area contributed by atoms with Crippen molar-refractivity contribution in [1.29, 1.82) is 0 Å². The highest BCUT2D eigenvalue weighted by Crippen LogP contribution is 2.07. The van der Waals surface area contributed by atoms with Gasteiger partial charge in [0.25, 0.3) is 5.91 Å². The van der Waals surface area contributed by atoms with Gasteiger partial charge in [-0.15, -0.1) is 0 Å². The number of amides is 1. The number of ether oxygens (including phenoxy) is 1. The maximum atomic E-state index is 11.0. The van der Waals surface area contributed by atoms with Gasteiger partial charge in [0.15, 0.2) is 11.2 Å². The smallest absolute Gasteiger partial charge is 0.261 e. The fraction of sp³-hybridized carbons (Fsp3) is 0.714. The Balaban J connectivity index is 2.42. The third-order valence-corrected chi connectivity index (χ3v) is 1.64. The molecule has 1 aliphatic rings. The monoisotopic (exact) mass is 173 g/mol. The molecule has 1 saturated heterocycles. The minimum Gasteiger partial charge on any atom is -0.474 e. The number of piperidine rings is 1. The molecule has 62 valence electrons. The van der Waals surface area contributed by atoms with Crippen molar-refractivity contribution >= 4 is 23.2 Å². The zero-order chi connectivity index (χ0) is 8.27. The molecule has 0 aromatic carbocycles. The molecule has 0 aliphatic carbocycles. The standard InChI is InChI=1S/C7H11NO2S/c1-5(11)10-6-3-2-4-8-7(6)9/h6H,2-4H2,1H3,(H,8,9). The largest absolute Gasteiger partial charge is 0.474 e. The van der Waals surface area contributed by atoms with E-state index < -0.39 is 0 Å². The molecule has 0 aromatic rings. The third kappa shape index (κ3) is 2.46. The van der Waals surface area contributed by atoms with Gasteiger partial charge in [0, 0.05) is 13.5 Å². The van der Waals surface area contributed by atoms with Crippen LogP contribution in [0.5, 0.6) is 0 Å². The van der Waals surface area contributed by atoms with Crippen molar-refractivity contribution < 1.29 is 9.53 Å². The average Bonchev–Trinajstić information content (AvgIpc) is 1.93. The lowest BCUT2D eigenvalue weighted by molar-refractivity contribution is -0.130. The van der Waals surface area contributed by atoms with Crippen LogP contribution in [0.25, 0.3) is 0 Å². The van der Waals surface area contributed by atoms with Gasteiger partial charge in [0.1, 0.15) is 0 Å². The second-order valence-corrected chi connectivity index (χ2v) is 3.11. The molecule has 0 saturated carbocycles. The first-order chi connectivity index (χ1) is 5.20. The predicted molar refractivity (Wildman–Crippen MR) is 45.4 cm³/mol. The zero-order valence-corrected chi connectivity index (χ0v) is 7.24. The maximum Gasteiger partial charge on any atom is 0.261 e. The SMILES string of the molecule is CC(=S)OC1CCCNC1=O. The molecule has 11 heavy (non-hydrogen) atoms. The lowest BCUT2D eigenvalue weighted by atomic mass is 10.1. The number of hydrogen-bond acceptors (Lipinski definition) is 3. The summed E-state index contributed by atoms with van der Waals surface area (Å²) in [6.45, 7) is 2.44. The lowest BCUT2D eigenvalue weighted by Gasteiger charge is -2.21. The van der Waals surface area contributed by atoms with Gasteiger partial charge in [-0.2, -0.15) is 0 Å². The van der Waals surface area contributed by atoms with E-state index in [0.29, 0.717) is 5.05 Å². The van der Waals surface area contributed by atoms with Crippen LogP contribution in [0.15, 0.2) is 0 Å². The maximum absolute atomic E-state index is 11.0. The minimum atomic E-state index is -0.346. The van der Waals surface area contributed by atoms with Crippen molar-refractivity contribution in [1.82, 2.24) is 5.32 Å². The molecule has 0 radical (unpaired) electrons. The minimum absolute atomic E-state index is 0.0412. The van der Waals surface area contributed by atoms with Gasteiger partial charge in [-0.05, 0) is 25.1 Å². The van der Waals surface area contributed by atoms with E-state index in [0.717, 1.165) is 19.4 Å². The Morgan fingerprint density at radius 1 is 1.82 bits per heavy atom. The van der Waals surface area contributed by atoms with Crippen LogP contribution in [-0.2, 0) is 9.53 Å². The van der Waals surface area contributed by atoms with Gasteiger partial charge in [0.05, 0.1) is 0 Å². The number of carbonyl (C=O) groups is 1. The van der Waals surface area contributed by atoms with Gasteiger partial charge >= 0.3 is 0 Å². The van der Waals surface area contributed by atoms with E-state index >= 15 is 0 Å². The molecule has 1 aliphatic heterocycles. The molecular weight excluding hydrogens is 162 g/mol. The van der Waals surface area contributed by atoms with Gasteiger partial charge < -0.3 is 10.1 Å². The first kappa shape index (κ1) is 8.46. The Morgan fingerprint density at radius 3 is 3.09 bits per heavy atom. The van der Waals surface area contributed by atoms with Crippen LogP contribution in [0.1, 0.15) is 19.8 Å². The Morgan fingerprint density at radius 2 is 2.55 bits per heavy atom. The lowest BCUT2D eigenvalue weighted by Crippen LogP contribution is -2.42. The number of nitrogens with one attached hydrogen (secondary N) is 1. The summed E-state index contributed by atoms with van der Waals surface area (Å²) in [7, 11) is 0. The molecule has 0 spiro atoms. The van der Waals surface area contributed by atoms with E-state index in [1.54, 1.807) is 6.92 Å². The Hall–Kier alpha value is -0.640. The molecule has 1 amide bonds. The van der Waals surface area contributed by atoms with Crippen LogP contribution >= 0.6 is 12.2 Å². The van der Waals surface area contributed by atoms with E-state index in [9.17, 15) is 4.79 Å². The van der Waals surface area contributed by atoms with Crippen molar-refractivity contribution in [3.63, 3.8) is 0 Å². The highest BCUT2D eigenvalue weighted by atomic mass is 32.1. The van der Waals surface area contributed by atoms with Crippen molar-refractivity contribution in [3.8, 4) is 0 Å². The predicted octanol–water partition coefficient (Wildman–Crippen LogP) is 0.629. The topological polar surface area (TPSA) is 38.3 Å². The van der Waals surface area contributed by atoms with E-state index in [1.165, 1.54) is 0 Å². The van der Waals surface area contributed by atoms with E-state index in [-0.39, 0.29) is 12.0 Å². The molecule has 3 nitrogen and oxygen atoms in total. The quantitative estimate of drug-likeness (QED) is 0.591. The van der Waals surface area contributed by atoms with Gasteiger partial charge in [0.2, 0.25) is 0 Å². The van der Waals surface area contributed by atoms with Crippen LogP contribution < -0.4 is 5.32 Å². The van der Waals surface area contributed by atoms with Crippen molar-refractivity contribution in [3.05, 3.63) is 0 Å². The fourth-order valence-electron chi connectivity index (χ4n) is 1.06. The van der Waals surface area contributed by atoms with Crippen LogP contribution in [-0.4, -0.2) is 23.6 Å². The Labute approximate surface area is 71.1 Å². The molecule has 1 fully saturated rings. The average molecular weight is 173 g/mol. The highest BCUT2D eigenvalue weighted by Gasteiger charge is 2.23. The van der Waals surface area contributed by atoms with E-state index in [1.807, 2.05) is 0 Å². The molecule has 1 unspecified atom stereocenters. The number of hydrogen-bond donors (Lipinski definition) is 1. The van der Waals surface area contributed by atoms with Gasteiger partial charge in [-0.1, -0.05) is 0 Å². The molecule has 1 atom stereocenters. The first-order valence-corrected chi connectivity index (χ1v) is 4.06. The van der Waals surface area contributed by atoms with E-state index in [2.05, 4.69) is 5.32 Å². The summed E-state index contributed by atoms with van der Waals surface area (Å²) >= 11 is 4.73. The van der Waals surface area contributed by atoms with Crippen molar-refractivity contribution in [2.45, 2.75) is 25.9 Å². The molecule has 0 aromatic heterocycles. The van der Waals surface area contributed by atoms with Crippen LogP contribution in [0.3, 0.4) is 0 Å². The molecule has 4 heteroatoms. The molecule has 1 N–H and O–H groups in total. The summed E-state index contributed by atoms with van der Waals surface area (Å²) in [4.78, 5) is 11.0. The van der Waals surface area contributed by atoms with Crippen LogP contribution in [0, 0.1) is 0 Å². The van der Waals surface area contributed by atoms with Gasteiger partial charge in [-0.25, -0.2) is 0 Å². The Bertz CT molecular complexity index is 181. The number of rotatable bonds is 1. The molecular formula is C7H11NO2S. The zero-order valence-electron chi connectivity index (χ0n) is 6.42. The summed E-state index contributed by atoms with van der Waals surface area (Å²) in [6.07, 6.45) is 1.40. The van der Waals surface area contributed by atoms with Crippen LogP contribution in [0.4, 0.5) is 0 Å². The number of thiocarbonyl (C=S) groups is 1. The molecule has 1 rings (SSSR count). The number of carbonyl (C=O) groups excluding carboxylic acids is 1. The summed E-state index contributed by atoms with van der Waals surface area (Å²) in [6, 6.07) is 0. The molecule has 1 heterocycles. The van der Waals surface area contributed by atoms with E-state index in [4.69, 9.17) is 17.0 Å². The highest BCUT2D eigenvalue weighted by molar-refractivity contribution is 7.80. The van der Waals surface area contributed by atoms with Crippen LogP contribution in [0.2, 0.25) is 0 Å².